The molecule has 38 heavy (non-hydrogen) atoms. The quantitative estimate of drug-likeness (QED) is 0.551. The third-order valence-electron chi connectivity index (χ3n) is 7.65. The number of halogens is 1. The number of hydrogen-bond acceptors (Lipinski definition) is 7. The number of carbonyl (C=O) groups excluding carboxylic acids is 2. The van der Waals surface area contributed by atoms with E-state index in [1.165, 1.54) is 28.0 Å². The van der Waals surface area contributed by atoms with Crippen LogP contribution in [0.2, 0.25) is 0 Å². The van der Waals surface area contributed by atoms with Crippen molar-refractivity contribution in [3.05, 3.63) is 66.0 Å². The molecule has 0 unspecified atom stereocenters. The average Bonchev–Trinajstić information content (AvgIpc) is 3.35. The summed E-state index contributed by atoms with van der Waals surface area (Å²) in [6, 6.07) is 11.0. The Hall–Kier alpha value is -3.99. The van der Waals surface area contributed by atoms with Gasteiger partial charge in [0.25, 0.3) is 11.8 Å². The molecule has 3 aliphatic heterocycles. The van der Waals surface area contributed by atoms with Crippen LogP contribution in [0.5, 0.6) is 5.75 Å². The summed E-state index contributed by atoms with van der Waals surface area (Å²) in [4.78, 5) is 34.1. The third-order valence-corrected chi connectivity index (χ3v) is 7.65. The molecule has 1 aromatic heterocycles. The highest BCUT2D eigenvalue weighted by molar-refractivity contribution is 6.02. The molecule has 1 N–H and O–H groups in total. The van der Waals surface area contributed by atoms with E-state index in [-0.39, 0.29) is 24.2 Å². The molecule has 3 aromatic rings. The van der Waals surface area contributed by atoms with Gasteiger partial charge in [0.05, 0.1) is 25.4 Å². The van der Waals surface area contributed by atoms with Crippen LogP contribution < -0.4 is 19.9 Å². The van der Waals surface area contributed by atoms with E-state index in [2.05, 4.69) is 20.3 Å². The maximum atomic E-state index is 13.3. The number of benzene rings is 2. The van der Waals surface area contributed by atoms with Gasteiger partial charge in [0.2, 0.25) is 5.82 Å². The molecular weight excluding hydrogens is 491 g/mol. The Balaban J connectivity index is 1.11. The molecule has 6 rings (SSSR count). The van der Waals surface area contributed by atoms with E-state index < -0.39 is 11.9 Å². The third kappa shape index (κ3) is 4.69. The molecule has 2 fully saturated rings. The lowest BCUT2D eigenvalue weighted by Crippen LogP contribution is -2.51. The number of ether oxygens (including phenoxy) is 2. The van der Waals surface area contributed by atoms with Gasteiger partial charge in [-0.2, -0.15) is 0 Å². The van der Waals surface area contributed by atoms with Crippen LogP contribution in [0.3, 0.4) is 0 Å². The minimum Gasteiger partial charge on any atom is -0.489 e. The molecule has 3 aliphatic rings. The number of carbonyl (C=O) groups is 2. The van der Waals surface area contributed by atoms with Gasteiger partial charge in [-0.3, -0.25) is 9.59 Å². The number of likely N-dealkylation sites (N-methyl/N-ethyl adjacent to an activating group) is 1. The molecule has 11 heteroatoms. The van der Waals surface area contributed by atoms with Crippen LogP contribution in [0, 0.1) is 11.2 Å². The second-order valence-electron chi connectivity index (χ2n) is 10.3. The SMILES string of the molecule is CN1C(=O)[C@@H](NC(=O)c2ncn(Cc3ccc(F)cc3)n2)COc2ccc(N3CCC4(CC3)COC4)cc21. The summed E-state index contributed by atoms with van der Waals surface area (Å²) < 4.78 is 26.0. The first-order chi connectivity index (χ1) is 18.4. The fourth-order valence-electron chi connectivity index (χ4n) is 5.18. The molecule has 0 radical (unpaired) electrons. The minimum atomic E-state index is -0.902. The smallest absolute Gasteiger partial charge is 0.291 e. The molecule has 2 aromatic carbocycles. The highest BCUT2D eigenvalue weighted by Crippen LogP contribution is 2.41. The van der Waals surface area contributed by atoms with Crippen molar-refractivity contribution >= 4 is 23.2 Å². The number of piperidine rings is 1. The predicted molar refractivity (Wildman–Crippen MR) is 137 cm³/mol. The lowest BCUT2D eigenvalue weighted by molar-refractivity contribution is -0.124. The number of anilines is 2. The van der Waals surface area contributed by atoms with Gasteiger partial charge in [-0.1, -0.05) is 12.1 Å². The Kier molecular flexibility index (Phi) is 6.22. The molecule has 198 valence electrons. The number of amides is 2. The fourth-order valence-corrected chi connectivity index (χ4v) is 5.18. The van der Waals surface area contributed by atoms with Crippen molar-refractivity contribution in [3.8, 4) is 5.75 Å². The minimum absolute atomic E-state index is 0.0101. The van der Waals surface area contributed by atoms with Gasteiger partial charge >= 0.3 is 0 Å². The summed E-state index contributed by atoms with van der Waals surface area (Å²) in [6.07, 6.45) is 3.61. The van der Waals surface area contributed by atoms with E-state index in [4.69, 9.17) is 9.47 Å². The largest absolute Gasteiger partial charge is 0.489 e. The Morgan fingerprint density at radius 3 is 2.63 bits per heavy atom. The maximum Gasteiger partial charge on any atom is 0.291 e. The van der Waals surface area contributed by atoms with Gasteiger partial charge in [-0.25, -0.2) is 14.1 Å². The first-order valence-electron chi connectivity index (χ1n) is 12.7. The first-order valence-corrected chi connectivity index (χ1v) is 12.7. The summed E-state index contributed by atoms with van der Waals surface area (Å²) in [7, 11) is 1.69. The van der Waals surface area contributed by atoms with Gasteiger partial charge in [0.1, 0.15) is 30.5 Å². The van der Waals surface area contributed by atoms with E-state index in [0.29, 0.717) is 23.4 Å². The highest BCUT2D eigenvalue weighted by atomic mass is 19.1. The zero-order chi connectivity index (χ0) is 26.3. The van der Waals surface area contributed by atoms with Gasteiger partial charge < -0.3 is 24.6 Å². The van der Waals surface area contributed by atoms with Crippen molar-refractivity contribution in [2.45, 2.75) is 25.4 Å². The summed E-state index contributed by atoms with van der Waals surface area (Å²) in [6.45, 7) is 3.92. The van der Waals surface area contributed by atoms with Crippen LogP contribution in [0.25, 0.3) is 0 Å². The molecule has 1 spiro atoms. The lowest BCUT2D eigenvalue weighted by atomic mass is 9.77. The Bertz CT molecular complexity index is 1350. The molecule has 2 amide bonds. The Labute approximate surface area is 219 Å². The molecule has 0 saturated carbocycles. The van der Waals surface area contributed by atoms with Crippen LogP contribution in [0.4, 0.5) is 15.8 Å². The average molecular weight is 521 g/mol. The number of aromatic nitrogens is 3. The summed E-state index contributed by atoms with van der Waals surface area (Å²) in [5.74, 6) is -0.665. The molecule has 1 atom stereocenters. The van der Waals surface area contributed by atoms with Crippen molar-refractivity contribution in [1.82, 2.24) is 20.1 Å². The summed E-state index contributed by atoms with van der Waals surface area (Å²) >= 11 is 0. The van der Waals surface area contributed by atoms with E-state index in [9.17, 15) is 14.0 Å². The molecule has 2 saturated heterocycles. The van der Waals surface area contributed by atoms with E-state index >= 15 is 0 Å². The number of fused-ring (bicyclic) bond motifs is 1. The normalized spacial score (nSPS) is 20.4. The van der Waals surface area contributed by atoms with E-state index in [1.807, 2.05) is 18.2 Å². The Morgan fingerprint density at radius 1 is 1.16 bits per heavy atom. The predicted octanol–water partition coefficient (Wildman–Crippen LogP) is 2.24. The maximum absolute atomic E-state index is 13.3. The second-order valence-corrected chi connectivity index (χ2v) is 10.3. The van der Waals surface area contributed by atoms with Crippen LogP contribution in [0.1, 0.15) is 29.0 Å². The molecule has 10 nitrogen and oxygen atoms in total. The van der Waals surface area contributed by atoms with Crippen LogP contribution in [0.15, 0.2) is 48.8 Å². The van der Waals surface area contributed by atoms with Gasteiger partial charge in [0.15, 0.2) is 0 Å². The Morgan fingerprint density at radius 2 is 1.92 bits per heavy atom. The number of nitrogens with zero attached hydrogens (tertiary/aromatic N) is 5. The van der Waals surface area contributed by atoms with Crippen molar-refractivity contribution in [1.29, 1.82) is 0 Å². The first kappa shape index (κ1) is 24.4. The number of nitrogens with one attached hydrogen (secondary N) is 1. The standard InChI is InChI=1S/C27H29FN6O4/c1-32-22-12-20(33-10-8-27(9-11-33)15-37-16-27)6-7-23(22)38-14-21(26(32)36)30-25(35)24-29-17-34(31-24)13-18-2-4-19(28)5-3-18/h2-7,12,17,21H,8-11,13-16H2,1H3,(H,30,35)/t21-/m0/s1. The molecule has 0 aliphatic carbocycles. The van der Waals surface area contributed by atoms with Crippen LogP contribution >= 0.6 is 0 Å². The second kappa shape index (κ2) is 9.71. The van der Waals surface area contributed by atoms with E-state index in [1.54, 1.807) is 19.2 Å². The summed E-state index contributed by atoms with van der Waals surface area (Å²) in [5, 5.41) is 6.91. The topological polar surface area (TPSA) is 102 Å². The fraction of sp³-hybridized carbons (Fsp3) is 0.407. The van der Waals surface area contributed by atoms with Crippen LogP contribution in [-0.4, -0.2) is 72.6 Å². The number of rotatable bonds is 5. The van der Waals surface area contributed by atoms with Crippen molar-refractivity contribution < 1.29 is 23.5 Å². The van der Waals surface area contributed by atoms with Crippen LogP contribution in [-0.2, 0) is 16.1 Å². The van der Waals surface area contributed by atoms with Gasteiger partial charge in [-0.05, 0) is 48.7 Å². The zero-order valence-electron chi connectivity index (χ0n) is 21.1. The highest BCUT2D eigenvalue weighted by Gasteiger charge is 2.41. The van der Waals surface area contributed by atoms with Crippen molar-refractivity contribution in [3.63, 3.8) is 0 Å². The lowest BCUT2D eigenvalue weighted by Gasteiger charge is -2.47. The molecule has 4 heterocycles. The summed E-state index contributed by atoms with van der Waals surface area (Å²) in [5.41, 5.74) is 2.86. The monoisotopic (exact) mass is 520 g/mol. The number of hydrogen-bond donors (Lipinski definition) is 1. The van der Waals surface area contributed by atoms with Gasteiger partial charge in [-0.15, -0.1) is 5.10 Å². The zero-order valence-corrected chi connectivity index (χ0v) is 21.1. The molecular formula is C27H29FN6O4. The van der Waals surface area contributed by atoms with E-state index in [0.717, 1.165) is 50.4 Å². The van der Waals surface area contributed by atoms with Crippen molar-refractivity contribution in [2.24, 2.45) is 5.41 Å². The molecule has 0 bridgehead atoms. The van der Waals surface area contributed by atoms with Gasteiger partial charge in [0, 0.05) is 31.2 Å². The van der Waals surface area contributed by atoms with Crippen molar-refractivity contribution in [2.75, 3.05) is 49.8 Å².